The summed E-state index contributed by atoms with van der Waals surface area (Å²) in [7, 11) is -9.91. The minimum Gasteiger partial charge on any atom is -0.462 e. The van der Waals surface area contributed by atoms with Gasteiger partial charge in [-0.3, -0.25) is 37.3 Å². The van der Waals surface area contributed by atoms with Crippen molar-refractivity contribution in [2.45, 2.75) is 457 Å². The van der Waals surface area contributed by atoms with Gasteiger partial charge in [0.2, 0.25) is 0 Å². The first-order valence-electron chi connectivity index (χ1n) is 42.6. The minimum atomic E-state index is -4.96. The van der Waals surface area contributed by atoms with Crippen LogP contribution in [0.3, 0.4) is 0 Å². The summed E-state index contributed by atoms with van der Waals surface area (Å²) in [5, 5.41) is 10.6. The fraction of sp³-hybridized carbons (Fsp3) is 0.951. The zero-order chi connectivity index (χ0) is 74.1. The fourth-order valence-corrected chi connectivity index (χ4v) is 14.3. The zero-order valence-corrected chi connectivity index (χ0v) is 67.8. The summed E-state index contributed by atoms with van der Waals surface area (Å²) < 4.78 is 68.6. The number of carbonyl (C=O) groups is 4. The molecule has 0 aliphatic heterocycles. The highest BCUT2D eigenvalue weighted by Gasteiger charge is 2.30. The lowest BCUT2D eigenvalue weighted by Gasteiger charge is -2.21. The van der Waals surface area contributed by atoms with Crippen LogP contribution in [0.5, 0.6) is 0 Å². The zero-order valence-electron chi connectivity index (χ0n) is 66.1. The smallest absolute Gasteiger partial charge is 0.462 e. The Labute approximate surface area is 619 Å². The number of hydrogen-bond acceptors (Lipinski definition) is 15. The van der Waals surface area contributed by atoms with E-state index >= 15 is 0 Å². The summed E-state index contributed by atoms with van der Waals surface area (Å²) in [6.07, 6.45) is 66.7. The Morgan fingerprint density at radius 1 is 0.267 bits per heavy atom. The van der Waals surface area contributed by atoms with Crippen LogP contribution in [0.25, 0.3) is 0 Å². The summed E-state index contributed by atoms with van der Waals surface area (Å²) in [5.41, 5.74) is 0. The van der Waals surface area contributed by atoms with Crippen molar-refractivity contribution in [3.63, 3.8) is 0 Å². The van der Waals surface area contributed by atoms with Crippen LogP contribution in [0.1, 0.15) is 439 Å². The third-order valence-electron chi connectivity index (χ3n) is 19.3. The Hall–Kier alpha value is -1.94. The van der Waals surface area contributed by atoms with E-state index in [9.17, 15) is 43.2 Å². The van der Waals surface area contributed by atoms with Gasteiger partial charge in [0.05, 0.1) is 26.4 Å². The molecule has 19 heteroatoms. The second kappa shape index (κ2) is 74.9. The molecule has 600 valence electrons. The highest BCUT2D eigenvalue weighted by Crippen LogP contribution is 2.45. The molecule has 0 radical (unpaired) electrons. The maximum absolute atomic E-state index is 13.1. The molecule has 0 aliphatic carbocycles. The molecule has 101 heavy (non-hydrogen) atoms. The van der Waals surface area contributed by atoms with Crippen molar-refractivity contribution in [3.05, 3.63) is 0 Å². The van der Waals surface area contributed by atoms with Crippen molar-refractivity contribution >= 4 is 39.5 Å². The molecule has 0 heterocycles. The third kappa shape index (κ3) is 76.1. The summed E-state index contributed by atoms with van der Waals surface area (Å²) in [5.74, 6) is -1.29. The molecule has 0 aromatic rings. The van der Waals surface area contributed by atoms with Gasteiger partial charge in [0.1, 0.15) is 19.3 Å². The van der Waals surface area contributed by atoms with Crippen LogP contribution < -0.4 is 0 Å². The van der Waals surface area contributed by atoms with Crippen LogP contribution in [0.2, 0.25) is 0 Å². The second-order valence-corrected chi connectivity index (χ2v) is 32.9. The average Bonchev–Trinajstić information content (AvgIpc) is 0.921. The molecule has 0 amide bonds. The van der Waals surface area contributed by atoms with E-state index in [-0.39, 0.29) is 25.7 Å². The normalized spacial score (nSPS) is 13.8. The molecule has 0 rings (SSSR count). The van der Waals surface area contributed by atoms with Gasteiger partial charge in [-0.2, -0.15) is 0 Å². The Bertz CT molecular complexity index is 1930. The molecule has 0 aromatic carbocycles. The minimum absolute atomic E-state index is 0.107. The van der Waals surface area contributed by atoms with Crippen LogP contribution in [-0.2, 0) is 65.4 Å². The molecule has 0 saturated carbocycles. The molecule has 0 aliphatic rings. The topological polar surface area (TPSA) is 237 Å². The predicted octanol–water partition coefficient (Wildman–Crippen LogP) is 24.8. The number of aliphatic hydroxyl groups excluding tert-OH is 1. The Balaban J connectivity index is 5.17. The first-order chi connectivity index (χ1) is 49.0. The lowest BCUT2D eigenvalue weighted by molar-refractivity contribution is -0.161. The fourth-order valence-electron chi connectivity index (χ4n) is 12.8. The van der Waals surface area contributed by atoms with Gasteiger partial charge >= 0.3 is 39.5 Å². The molecule has 2 unspecified atom stereocenters. The number of phosphoric ester groups is 2. The first-order valence-corrected chi connectivity index (χ1v) is 45.6. The quantitative estimate of drug-likeness (QED) is 0.0222. The number of esters is 4. The number of aliphatic hydroxyl groups is 1. The first kappa shape index (κ1) is 99.1. The van der Waals surface area contributed by atoms with E-state index in [2.05, 4.69) is 34.6 Å². The van der Waals surface area contributed by atoms with Gasteiger partial charge in [0.15, 0.2) is 12.2 Å². The lowest BCUT2D eigenvalue weighted by atomic mass is 10.0. The van der Waals surface area contributed by atoms with Crippen molar-refractivity contribution in [2.24, 2.45) is 5.92 Å². The van der Waals surface area contributed by atoms with Gasteiger partial charge < -0.3 is 33.8 Å². The van der Waals surface area contributed by atoms with Crippen molar-refractivity contribution in [2.75, 3.05) is 39.6 Å². The van der Waals surface area contributed by atoms with Crippen LogP contribution >= 0.6 is 15.6 Å². The summed E-state index contributed by atoms with van der Waals surface area (Å²) in [6, 6.07) is 0. The van der Waals surface area contributed by atoms with Gasteiger partial charge in [0.25, 0.3) is 0 Å². The number of hydrogen-bond donors (Lipinski definition) is 3. The number of ether oxygens (including phenoxy) is 4. The largest absolute Gasteiger partial charge is 0.472 e. The molecule has 0 fully saturated rings. The van der Waals surface area contributed by atoms with Gasteiger partial charge in [-0.05, 0) is 31.6 Å². The summed E-state index contributed by atoms with van der Waals surface area (Å²) in [4.78, 5) is 72.9. The van der Waals surface area contributed by atoms with Crippen LogP contribution in [0.4, 0.5) is 0 Å². The van der Waals surface area contributed by atoms with Crippen molar-refractivity contribution in [1.82, 2.24) is 0 Å². The molecule has 0 saturated heterocycles. The van der Waals surface area contributed by atoms with Crippen molar-refractivity contribution < 1.29 is 80.2 Å². The Morgan fingerprint density at radius 2 is 0.455 bits per heavy atom. The molecule has 0 spiro atoms. The van der Waals surface area contributed by atoms with Gasteiger partial charge in [0, 0.05) is 25.7 Å². The van der Waals surface area contributed by atoms with Gasteiger partial charge in [-0.15, -0.1) is 0 Å². The van der Waals surface area contributed by atoms with E-state index in [1.807, 2.05) is 0 Å². The van der Waals surface area contributed by atoms with E-state index in [0.717, 1.165) is 95.8 Å². The summed E-state index contributed by atoms with van der Waals surface area (Å²) >= 11 is 0. The molecular formula is C82H160O17P2. The van der Waals surface area contributed by atoms with E-state index in [4.69, 9.17) is 37.0 Å². The second-order valence-electron chi connectivity index (χ2n) is 30.0. The predicted molar refractivity (Wildman–Crippen MR) is 414 cm³/mol. The number of unbranched alkanes of at least 4 members (excludes halogenated alkanes) is 54. The molecule has 0 bridgehead atoms. The standard InChI is InChI=1S/C82H160O17P2/c1-6-9-12-15-18-21-24-25-26-27-28-29-33-36-39-42-47-51-56-61-66-80(85)93-72-78(99-82(87)68-63-58-53-48-43-40-37-34-31-30-32-35-38-41-44-49-54-59-64-75(4)5)74-97-101(90,91)95-70-76(83)69-94-100(88,89)96-73-77(98-81(86)67-62-57-52-46-23-20-17-14-11-8-3)71-92-79(84)65-60-55-50-45-22-19-16-13-10-7-2/h75-78,83H,6-74H2,1-5H3,(H,88,89)(H,90,91)/t76-,77+,78+/m0/s1. The van der Waals surface area contributed by atoms with Gasteiger partial charge in [-0.1, -0.05) is 388 Å². The van der Waals surface area contributed by atoms with E-state index < -0.39 is 97.5 Å². The van der Waals surface area contributed by atoms with E-state index in [0.29, 0.717) is 25.7 Å². The van der Waals surface area contributed by atoms with E-state index in [1.165, 1.54) is 263 Å². The number of rotatable bonds is 82. The lowest BCUT2D eigenvalue weighted by Crippen LogP contribution is -2.30. The molecule has 17 nitrogen and oxygen atoms in total. The molecule has 5 atom stereocenters. The maximum Gasteiger partial charge on any atom is 0.472 e. The number of phosphoric acid groups is 2. The van der Waals surface area contributed by atoms with Crippen LogP contribution in [-0.4, -0.2) is 96.7 Å². The monoisotopic (exact) mass is 1480 g/mol. The highest BCUT2D eigenvalue weighted by molar-refractivity contribution is 7.47. The SMILES string of the molecule is CCCCCCCCCCCCCCCCCCCCCCC(=O)OC[C@H](COP(=O)(O)OC[C@@H](O)COP(=O)(O)OC[C@@H](COC(=O)CCCCCCCCCCCC)OC(=O)CCCCCCCCCCCC)OC(=O)CCCCCCCCCCCCCCCCCCCCC(C)C. The molecule has 0 aromatic heterocycles. The van der Waals surface area contributed by atoms with Gasteiger partial charge in [-0.25, -0.2) is 9.13 Å². The Morgan fingerprint density at radius 3 is 0.673 bits per heavy atom. The summed E-state index contributed by atoms with van der Waals surface area (Å²) in [6.45, 7) is 7.35. The van der Waals surface area contributed by atoms with E-state index in [1.54, 1.807) is 0 Å². The maximum atomic E-state index is 13.1. The Kier molecular flexibility index (Phi) is 73.5. The number of carbonyl (C=O) groups excluding carboxylic acids is 4. The van der Waals surface area contributed by atoms with Crippen LogP contribution in [0, 0.1) is 5.92 Å². The molecular weight excluding hydrogens is 1320 g/mol. The molecule has 3 N–H and O–H groups in total. The average molecular weight is 1480 g/mol. The third-order valence-corrected chi connectivity index (χ3v) is 21.2. The van der Waals surface area contributed by atoms with Crippen LogP contribution in [0.15, 0.2) is 0 Å². The highest BCUT2D eigenvalue weighted by atomic mass is 31.2. The van der Waals surface area contributed by atoms with Crippen molar-refractivity contribution in [1.29, 1.82) is 0 Å². The van der Waals surface area contributed by atoms with Crippen molar-refractivity contribution in [3.8, 4) is 0 Å².